The first-order valence-corrected chi connectivity index (χ1v) is 7.28. The van der Waals surface area contributed by atoms with Crippen LogP contribution in [0.1, 0.15) is 42.4 Å². The molecule has 1 aliphatic rings. The molecule has 2 rings (SSSR count). The Labute approximate surface area is 116 Å². The fraction of sp³-hybridized carbons (Fsp3) is 0.625. The molecule has 0 aromatic heterocycles. The number of hydrogen-bond acceptors (Lipinski definition) is 3. The fourth-order valence-electron chi connectivity index (χ4n) is 2.31. The molecule has 106 valence electrons. The molecule has 1 fully saturated rings. The lowest BCUT2D eigenvalue weighted by Crippen LogP contribution is -2.15. The molecule has 0 spiro atoms. The number of nitrogens with one attached hydrogen (secondary N) is 1. The lowest BCUT2D eigenvalue weighted by Gasteiger charge is -2.14. The Morgan fingerprint density at radius 1 is 1.21 bits per heavy atom. The van der Waals surface area contributed by atoms with E-state index in [-0.39, 0.29) is 6.61 Å². The molecule has 1 saturated carbocycles. The van der Waals surface area contributed by atoms with E-state index in [0.717, 1.165) is 31.2 Å². The molecule has 0 saturated heterocycles. The second kappa shape index (κ2) is 6.92. The molecule has 3 heteroatoms. The van der Waals surface area contributed by atoms with E-state index < -0.39 is 0 Å². The van der Waals surface area contributed by atoms with Crippen LogP contribution in [-0.4, -0.2) is 24.4 Å². The summed E-state index contributed by atoms with van der Waals surface area (Å²) >= 11 is 0. The third-order valence-corrected chi connectivity index (χ3v) is 3.49. The summed E-state index contributed by atoms with van der Waals surface area (Å²) < 4.78 is 5.83. The van der Waals surface area contributed by atoms with Crippen LogP contribution in [0.5, 0.6) is 5.75 Å². The van der Waals surface area contributed by atoms with Crippen LogP contribution in [-0.2, 0) is 6.54 Å². The number of ether oxygens (including phenoxy) is 1. The minimum Gasteiger partial charge on any atom is -0.493 e. The van der Waals surface area contributed by atoms with Gasteiger partial charge in [-0.15, -0.1) is 0 Å². The van der Waals surface area contributed by atoms with E-state index in [2.05, 4.69) is 31.3 Å². The minimum absolute atomic E-state index is 0.243. The van der Waals surface area contributed by atoms with Crippen molar-refractivity contribution in [1.29, 1.82) is 0 Å². The molecule has 0 aliphatic heterocycles. The molecule has 3 nitrogen and oxygen atoms in total. The van der Waals surface area contributed by atoms with Crippen LogP contribution in [0.25, 0.3) is 0 Å². The molecule has 0 atom stereocenters. The van der Waals surface area contributed by atoms with Gasteiger partial charge < -0.3 is 15.2 Å². The van der Waals surface area contributed by atoms with Gasteiger partial charge in [0, 0.05) is 19.2 Å². The number of hydrogen-bond donors (Lipinski definition) is 2. The number of aliphatic hydroxyl groups excluding tert-OH is 1. The van der Waals surface area contributed by atoms with Crippen LogP contribution in [0, 0.1) is 13.8 Å². The van der Waals surface area contributed by atoms with Gasteiger partial charge >= 0.3 is 0 Å². The van der Waals surface area contributed by atoms with Gasteiger partial charge in [0.25, 0.3) is 0 Å². The second-order valence-corrected chi connectivity index (χ2v) is 5.49. The number of aryl methyl sites for hydroxylation is 2. The standard InChI is InChI=1S/C16H25NO2/c1-12-9-14(11-17-15-5-6-15)10-13(2)16(12)19-8-4-3-7-18/h9-10,15,17-18H,3-8,11H2,1-2H3. The number of rotatable bonds is 8. The highest BCUT2D eigenvalue weighted by Gasteiger charge is 2.20. The van der Waals surface area contributed by atoms with Gasteiger partial charge in [-0.3, -0.25) is 0 Å². The summed E-state index contributed by atoms with van der Waals surface area (Å²) in [4.78, 5) is 0. The Balaban J connectivity index is 1.91. The summed E-state index contributed by atoms with van der Waals surface area (Å²) in [5, 5.41) is 12.3. The minimum atomic E-state index is 0.243. The van der Waals surface area contributed by atoms with Crippen molar-refractivity contribution in [2.24, 2.45) is 0 Å². The molecule has 0 amide bonds. The van der Waals surface area contributed by atoms with Crippen molar-refractivity contribution in [1.82, 2.24) is 5.32 Å². The van der Waals surface area contributed by atoms with Crippen LogP contribution in [0.15, 0.2) is 12.1 Å². The zero-order chi connectivity index (χ0) is 13.7. The van der Waals surface area contributed by atoms with Crippen LogP contribution in [0.2, 0.25) is 0 Å². The molecule has 0 unspecified atom stereocenters. The maximum Gasteiger partial charge on any atom is 0.125 e. The van der Waals surface area contributed by atoms with Crippen molar-refractivity contribution >= 4 is 0 Å². The van der Waals surface area contributed by atoms with E-state index >= 15 is 0 Å². The summed E-state index contributed by atoms with van der Waals surface area (Å²) in [5.41, 5.74) is 3.75. The molecule has 2 N–H and O–H groups in total. The molecular weight excluding hydrogens is 238 g/mol. The summed E-state index contributed by atoms with van der Waals surface area (Å²) in [6.45, 7) is 6.09. The topological polar surface area (TPSA) is 41.5 Å². The van der Waals surface area contributed by atoms with Gasteiger partial charge in [0.15, 0.2) is 0 Å². The van der Waals surface area contributed by atoms with Crippen molar-refractivity contribution in [2.45, 2.75) is 52.1 Å². The van der Waals surface area contributed by atoms with E-state index in [0.29, 0.717) is 6.61 Å². The molecule has 1 aromatic carbocycles. The summed E-state index contributed by atoms with van der Waals surface area (Å²) in [6, 6.07) is 5.17. The number of aliphatic hydroxyl groups is 1. The number of unbranched alkanes of at least 4 members (excludes halogenated alkanes) is 1. The van der Waals surface area contributed by atoms with E-state index in [1.807, 2.05) is 0 Å². The lowest BCUT2D eigenvalue weighted by molar-refractivity contribution is 0.252. The SMILES string of the molecule is Cc1cc(CNC2CC2)cc(C)c1OCCCCO. The molecule has 0 heterocycles. The summed E-state index contributed by atoms with van der Waals surface area (Å²) in [6.07, 6.45) is 4.36. The first kappa shape index (κ1) is 14.4. The van der Waals surface area contributed by atoms with Gasteiger partial charge in [-0.05, 0) is 56.2 Å². The Kier molecular flexibility index (Phi) is 5.23. The van der Waals surface area contributed by atoms with Crippen LogP contribution < -0.4 is 10.1 Å². The molecule has 1 aromatic rings. The quantitative estimate of drug-likeness (QED) is 0.709. The smallest absolute Gasteiger partial charge is 0.125 e. The molecular formula is C16H25NO2. The third-order valence-electron chi connectivity index (χ3n) is 3.49. The Bertz CT molecular complexity index is 390. The Morgan fingerprint density at radius 2 is 1.89 bits per heavy atom. The average Bonchev–Trinajstić information content (AvgIpc) is 3.18. The molecule has 0 bridgehead atoms. The third kappa shape index (κ3) is 4.51. The first-order chi connectivity index (χ1) is 9.20. The maximum absolute atomic E-state index is 8.76. The largest absolute Gasteiger partial charge is 0.493 e. The van der Waals surface area contributed by atoms with Gasteiger partial charge in [-0.2, -0.15) is 0 Å². The van der Waals surface area contributed by atoms with Gasteiger partial charge in [0.2, 0.25) is 0 Å². The first-order valence-electron chi connectivity index (χ1n) is 7.28. The van der Waals surface area contributed by atoms with E-state index in [9.17, 15) is 0 Å². The van der Waals surface area contributed by atoms with Crippen molar-refractivity contribution in [3.8, 4) is 5.75 Å². The summed E-state index contributed by atoms with van der Waals surface area (Å²) in [5.74, 6) is 1.01. The van der Waals surface area contributed by atoms with E-state index in [4.69, 9.17) is 9.84 Å². The second-order valence-electron chi connectivity index (χ2n) is 5.49. The van der Waals surface area contributed by atoms with E-state index in [1.54, 1.807) is 0 Å². The normalized spacial score (nSPS) is 14.7. The van der Waals surface area contributed by atoms with Crippen LogP contribution in [0.4, 0.5) is 0 Å². The highest BCUT2D eigenvalue weighted by Crippen LogP contribution is 2.26. The highest BCUT2D eigenvalue weighted by atomic mass is 16.5. The average molecular weight is 263 g/mol. The van der Waals surface area contributed by atoms with Gasteiger partial charge in [-0.1, -0.05) is 12.1 Å². The molecule has 0 radical (unpaired) electrons. The van der Waals surface area contributed by atoms with Crippen LogP contribution in [0.3, 0.4) is 0 Å². The summed E-state index contributed by atoms with van der Waals surface area (Å²) in [7, 11) is 0. The fourth-order valence-corrected chi connectivity index (χ4v) is 2.31. The maximum atomic E-state index is 8.76. The van der Waals surface area contributed by atoms with Crippen molar-refractivity contribution < 1.29 is 9.84 Å². The van der Waals surface area contributed by atoms with Gasteiger partial charge in [0.05, 0.1) is 6.61 Å². The van der Waals surface area contributed by atoms with Crippen molar-refractivity contribution in [2.75, 3.05) is 13.2 Å². The molecule has 1 aliphatic carbocycles. The predicted molar refractivity (Wildman–Crippen MR) is 77.6 cm³/mol. The number of benzene rings is 1. The van der Waals surface area contributed by atoms with Gasteiger partial charge in [-0.25, -0.2) is 0 Å². The van der Waals surface area contributed by atoms with Crippen molar-refractivity contribution in [3.63, 3.8) is 0 Å². The van der Waals surface area contributed by atoms with Crippen LogP contribution >= 0.6 is 0 Å². The van der Waals surface area contributed by atoms with Crippen molar-refractivity contribution in [3.05, 3.63) is 28.8 Å². The predicted octanol–water partition coefficient (Wildman–Crippen LogP) is 2.71. The molecule has 19 heavy (non-hydrogen) atoms. The monoisotopic (exact) mass is 263 g/mol. The van der Waals surface area contributed by atoms with E-state index in [1.165, 1.54) is 29.5 Å². The Morgan fingerprint density at radius 3 is 2.47 bits per heavy atom. The highest BCUT2D eigenvalue weighted by molar-refractivity contribution is 5.43. The van der Waals surface area contributed by atoms with Gasteiger partial charge in [0.1, 0.15) is 5.75 Å². The zero-order valence-corrected chi connectivity index (χ0v) is 12.0. The zero-order valence-electron chi connectivity index (χ0n) is 12.0. The lowest BCUT2D eigenvalue weighted by atomic mass is 10.1. The Hall–Kier alpha value is -1.06.